The average molecular weight is 1190 g/mol. The van der Waals surface area contributed by atoms with E-state index < -0.39 is 0 Å². The van der Waals surface area contributed by atoms with Crippen molar-refractivity contribution in [2.24, 2.45) is 0 Å². The molecule has 0 bridgehead atoms. The Labute approximate surface area is 539 Å². The average Bonchev–Trinajstić information content (AvgIpc) is 1.57. The summed E-state index contributed by atoms with van der Waals surface area (Å²) in [6.45, 7) is 7.90. The third-order valence-corrected chi connectivity index (χ3v) is 19.7. The number of aromatic nitrogens is 6. The van der Waals surface area contributed by atoms with Crippen LogP contribution in [0.3, 0.4) is 0 Å². The van der Waals surface area contributed by atoms with E-state index in [1.54, 1.807) is 0 Å². The van der Waals surface area contributed by atoms with Crippen LogP contribution in [0.15, 0.2) is 309 Å². The Hall–Kier alpha value is -12.9. The quantitative estimate of drug-likeness (QED) is 0.142. The highest BCUT2D eigenvalue weighted by atomic mass is 15.0. The summed E-state index contributed by atoms with van der Waals surface area (Å²) in [7, 11) is 0. The first-order valence-electron chi connectivity index (χ1n) is 31.9. The van der Waals surface area contributed by atoms with Gasteiger partial charge in [0.05, 0.1) is 62.1 Å². The van der Waals surface area contributed by atoms with Crippen molar-refractivity contribution >= 4 is 104 Å². The van der Waals surface area contributed by atoms with Crippen LogP contribution in [0, 0.1) is 6.57 Å². The summed E-state index contributed by atoms with van der Waals surface area (Å²) in [5.74, 6) is 0.599. The standard InChI is InChI=1S/C87H51N7/c1-88-56-48-46-54(47-49-56)85-84-69-36-16-22-53-23-17-37-70(79(53)69)86(84)90-87(89-85)55-50-59(93-73-40-14-10-30-67(73)82-63(34-20-44-77(82)93)61-32-18-42-75-80(61)65-28-8-12-38-71(65)91(75)57-24-4-2-5-25-57)52-60(51-55)94-74-41-15-11-31-68(74)83-64(35-21-45-78(83)94)62-33-19-43-76-81(62)66-29-9-13-39-72(66)92(76)58-26-6-3-7-27-58/h2-52H. The van der Waals surface area contributed by atoms with Crippen molar-refractivity contribution in [1.82, 2.24) is 28.2 Å². The van der Waals surface area contributed by atoms with Crippen LogP contribution in [0.5, 0.6) is 0 Å². The van der Waals surface area contributed by atoms with Gasteiger partial charge in [0.15, 0.2) is 11.5 Å². The van der Waals surface area contributed by atoms with Crippen molar-refractivity contribution in [2.75, 3.05) is 0 Å². The Morgan fingerprint density at radius 3 is 1.03 bits per heavy atom. The Balaban J connectivity index is 0.876. The lowest BCUT2D eigenvalue weighted by Gasteiger charge is -2.17. The highest BCUT2D eigenvalue weighted by Gasteiger charge is 2.30. The number of nitrogens with zero attached hydrogens (tertiary/aromatic N) is 7. The summed E-state index contributed by atoms with van der Waals surface area (Å²) in [5, 5.41) is 11.8. The van der Waals surface area contributed by atoms with E-state index in [9.17, 15) is 0 Å². The molecule has 0 saturated carbocycles. The van der Waals surface area contributed by atoms with Gasteiger partial charge in [-0.1, -0.05) is 218 Å². The topological polar surface area (TPSA) is 49.9 Å². The smallest absolute Gasteiger partial charge is 0.187 e. The zero-order chi connectivity index (χ0) is 61.7. The number of rotatable bonds is 8. The SMILES string of the molecule is [C-]#[N+]c1ccc(-c2nc(-c3cc(-n4c5ccccc5c5c(-c6cccc7c6c6ccccc6n7-c6ccccc6)cccc54)cc(-n4c5ccccc5c5c(-c6cccc7c6c6ccccc6n7-c6ccccc6)cccc54)c3)nc3c2-c2cccc4cccc-3c24)cc1. The van der Waals surface area contributed by atoms with Gasteiger partial charge in [-0.3, -0.25) is 0 Å². The van der Waals surface area contributed by atoms with E-state index >= 15 is 0 Å². The molecule has 7 nitrogen and oxygen atoms in total. The highest BCUT2D eigenvalue weighted by Crippen LogP contribution is 2.52. The predicted octanol–water partition coefficient (Wildman–Crippen LogP) is 22.9. The third-order valence-electron chi connectivity index (χ3n) is 19.7. The largest absolute Gasteiger partial charge is 0.309 e. The van der Waals surface area contributed by atoms with Crippen molar-refractivity contribution in [3.05, 3.63) is 321 Å². The molecule has 0 atom stereocenters. The number of para-hydroxylation sites is 6. The van der Waals surface area contributed by atoms with Gasteiger partial charge in [-0.05, 0) is 135 Å². The first-order chi connectivity index (χ1) is 46.6. The summed E-state index contributed by atoms with van der Waals surface area (Å²) in [6, 6.07) is 112. The molecule has 94 heavy (non-hydrogen) atoms. The molecule has 7 heteroatoms. The summed E-state index contributed by atoms with van der Waals surface area (Å²) in [4.78, 5) is 15.3. The minimum absolute atomic E-state index is 0.576. The van der Waals surface area contributed by atoms with Crippen LogP contribution < -0.4 is 0 Å². The van der Waals surface area contributed by atoms with Gasteiger partial charge in [0, 0.05) is 82.5 Å². The zero-order valence-corrected chi connectivity index (χ0v) is 50.6. The molecule has 0 amide bonds. The molecule has 434 valence electrons. The van der Waals surface area contributed by atoms with Gasteiger partial charge in [-0.2, -0.15) is 0 Å². The maximum atomic E-state index is 7.90. The maximum absolute atomic E-state index is 7.90. The van der Waals surface area contributed by atoms with E-state index in [-0.39, 0.29) is 0 Å². The molecule has 0 unspecified atom stereocenters. The molecule has 5 heterocycles. The molecule has 0 N–H and O–H groups in total. The second kappa shape index (κ2) is 20.1. The fourth-order valence-corrected chi connectivity index (χ4v) is 15.9. The number of benzene rings is 14. The lowest BCUT2D eigenvalue weighted by atomic mass is 9.95. The molecule has 0 saturated heterocycles. The molecule has 14 aromatic carbocycles. The molecule has 19 aromatic rings. The minimum atomic E-state index is 0.576. The molecule has 0 radical (unpaired) electrons. The van der Waals surface area contributed by atoms with Crippen LogP contribution in [0.2, 0.25) is 0 Å². The lowest BCUT2D eigenvalue weighted by molar-refractivity contribution is 1.12. The van der Waals surface area contributed by atoms with Crippen molar-refractivity contribution < 1.29 is 0 Å². The van der Waals surface area contributed by atoms with Gasteiger partial charge in [0.25, 0.3) is 0 Å². The Morgan fingerprint density at radius 2 is 0.606 bits per heavy atom. The molecular weight excluding hydrogens is 1140 g/mol. The van der Waals surface area contributed by atoms with E-state index in [0.717, 1.165) is 133 Å². The van der Waals surface area contributed by atoms with E-state index in [4.69, 9.17) is 16.5 Å². The van der Waals surface area contributed by atoms with Gasteiger partial charge in [0.1, 0.15) is 0 Å². The number of fused-ring (bicyclic) bond motifs is 15. The summed E-state index contributed by atoms with van der Waals surface area (Å²) < 4.78 is 9.73. The molecule has 20 rings (SSSR count). The van der Waals surface area contributed by atoms with Gasteiger partial charge >= 0.3 is 0 Å². The molecule has 1 aliphatic rings. The predicted molar refractivity (Wildman–Crippen MR) is 389 cm³/mol. The van der Waals surface area contributed by atoms with Crippen LogP contribution >= 0.6 is 0 Å². The fraction of sp³-hybridized carbons (Fsp3) is 0. The Kier molecular flexibility index (Phi) is 11.1. The molecule has 0 aliphatic heterocycles. The van der Waals surface area contributed by atoms with Crippen LogP contribution in [-0.4, -0.2) is 28.2 Å². The van der Waals surface area contributed by atoms with E-state index in [2.05, 4.69) is 308 Å². The first-order valence-corrected chi connectivity index (χ1v) is 31.9. The summed E-state index contributed by atoms with van der Waals surface area (Å²) in [6.07, 6.45) is 0. The molecule has 1 aliphatic carbocycles. The Bertz CT molecular complexity index is 6170. The van der Waals surface area contributed by atoms with E-state index in [0.29, 0.717) is 11.5 Å². The lowest BCUT2D eigenvalue weighted by Crippen LogP contribution is -2.02. The highest BCUT2D eigenvalue weighted by molar-refractivity contribution is 6.25. The van der Waals surface area contributed by atoms with Crippen molar-refractivity contribution in [1.29, 1.82) is 0 Å². The number of hydrogen-bond donors (Lipinski definition) is 0. The third kappa shape index (κ3) is 7.42. The van der Waals surface area contributed by atoms with Crippen LogP contribution in [0.4, 0.5) is 5.69 Å². The molecular formula is C87H51N7. The zero-order valence-electron chi connectivity index (χ0n) is 50.6. The normalized spacial score (nSPS) is 12.0. The number of hydrogen-bond acceptors (Lipinski definition) is 2. The molecule has 5 aromatic heterocycles. The van der Waals surface area contributed by atoms with Crippen LogP contribution in [0.1, 0.15) is 0 Å². The van der Waals surface area contributed by atoms with Gasteiger partial charge in [0.2, 0.25) is 0 Å². The van der Waals surface area contributed by atoms with Crippen molar-refractivity contribution in [2.45, 2.75) is 0 Å². The summed E-state index contributed by atoms with van der Waals surface area (Å²) >= 11 is 0. The van der Waals surface area contributed by atoms with Gasteiger partial charge in [-0.15, -0.1) is 0 Å². The van der Waals surface area contributed by atoms with E-state index in [1.807, 2.05) is 24.3 Å². The monoisotopic (exact) mass is 1190 g/mol. The summed E-state index contributed by atoms with van der Waals surface area (Å²) in [5.41, 5.74) is 25.1. The van der Waals surface area contributed by atoms with Crippen LogP contribution in [0.25, 0.3) is 193 Å². The molecule has 0 spiro atoms. The molecule has 0 fully saturated rings. The second-order valence-corrected chi connectivity index (χ2v) is 24.6. The van der Waals surface area contributed by atoms with Crippen LogP contribution in [-0.2, 0) is 0 Å². The van der Waals surface area contributed by atoms with Crippen molar-refractivity contribution in [3.8, 4) is 90.0 Å². The second-order valence-electron chi connectivity index (χ2n) is 24.6. The minimum Gasteiger partial charge on any atom is -0.309 e. The van der Waals surface area contributed by atoms with Gasteiger partial charge in [-0.25, -0.2) is 14.8 Å². The Morgan fingerprint density at radius 1 is 0.255 bits per heavy atom. The fourth-order valence-electron chi connectivity index (χ4n) is 15.9. The maximum Gasteiger partial charge on any atom is 0.187 e. The van der Waals surface area contributed by atoms with E-state index in [1.165, 1.54) is 48.8 Å². The van der Waals surface area contributed by atoms with Gasteiger partial charge < -0.3 is 18.3 Å². The van der Waals surface area contributed by atoms with Crippen molar-refractivity contribution in [3.63, 3.8) is 0 Å². The first kappa shape index (κ1) is 51.9.